The summed E-state index contributed by atoms with van der Waals surface area (Å²) >= 11 is -0.409. The van der Waals surface area contributed by atoms with Crippen molar-refractivity contribution in [3.8, 4) is 0 Å². The Kier molecular flexibility index (Phi) is 4.11. The molecule has 7 heteroatoms. The Morgan fingerprint density at radius 2 is 1.70 bits per heavy atom. The van der Waals surface area contributed by atoms with Crippen LogP contribution in [0.2, 0.25) is 0 Å². The number of hydrogen-bond donors (Lipinski definition) is 0. The standard InChI is InChI=1S/C13H8F3NO2Se/c14-13(15,16)9-6-7-12(11(8-9)17(18)19)20-10-4-2-1-3-5-10/h1-8H. The van der Waals surface area contributed by atoms with Gasteiger partial charge in [-0.1, -0.05) is 0 Å². The first-order valence-corrected chi connectivity index (χ1v) is 7.18. The molecule has 0 spiro atoms. The number of halogens is 3. The number of nitro benzene ring substituents is 1. The average molecular weight is 346 g/mol. The number of nitro groups is 1. The van der Waals surface area contributed by atoms with E-state index in [1.807, 2.05) is 0 Å². The molecule has 0 aliphatic rings. The summed E-state index contributed by atoms with van der Waals surface area (Å²) in [5, 5.41) is 10.9. The molecule has 0 aliphatic carbocycles. The van der Waals surface area contributed by atoms with Gasteiger partial charge in [0.15, 0.2) is 0 Å². The molecule has 0 radical (unpaired) electrons. The second-order valence-corrected chi connectivity index (χ2v) is 6.19. The van der Waals surface area contributed by atoms with Gasteiger partial charge in [-0.2, -0.15) is 0 Å². The molecule has 0 amide bonds. The molecule has 3 nitrogen and oxygen atoms in total. The third kappa shape index (κ3) is 3.37. The molecule has 0 saturated heterocycles. The Morgan fingerprint density at radius 3 is 2.25 bits per heavy atom. The third-order valence-electron chi connectivity index (χ3n) is 2.45. The van der Waals surface area contributed by atoms with Crippen LogP contribution in [0.1, 0.15) is 5.56 Å². The predicted molar refractivity (Wildman–Crippen MR) is 69.6 cm³/mol. The number of rotatable bonds is 3. The first-order chi connectivity index (χ1) is 9.38. The second-order valence-electron chi connectivity index (χ2n) is 3.85. The van der Waals surface area contributed by atoms with Crippen molar-refractivity contribution in [2.75, 3.05) is 0 Å². The number of nitrogens with zero attached hydrogens (tertiary/aromatic N) is 1. The van der Waals surface area contributed by atoms with Crippen molar-refractivity contribution in [1.29, 1.82) is 0 Å². The van der Waals surface area contributed by atoms with Crippen molar-refractivity contribution in [1.82, 2.24) is 0 Å². The van der Waals surface area contributed by atoms with E-state index >= 15 is 0 Å². The Balaban J connectivity index is 2.41. The van der Waals surface area contributed by atoms with Gasteiger partial charge >= 0.3 is 118 Å². The van der Waals surface area contributed by atoms with Gasteiger partial charge in [-0.15, -0.1) is 0 Å². The normalized spacial score (nSPS) is 11.3. The summed E-state index contributed by atoms with van der Waals surface area (Å²) < 4.78 is 38.9. The predicted octanol–water partition coefficient (Wildman–Crippen LogP) is 2.27. The molecular formula is C13H8F3NO2Se. The van der Waals surface area contributed by atoms with Crippen molar-refractivity contribution >= 4 is 29.6 Å². The van der Waals surface area contributed by atoms with E-state index in [0.29, 0.717) is 10.5 Å². The third-order valence-corrected chi connectivity index (χ3v) is 4.71. The van der Waals surface area contributed by atoms with Crippen molar-refractivity contribution < 1.29 is 18.1 Å². The Bertz CT molecular complexity index is 629. The van der Waals surface area contributed by atoms with Crippen LogP contribution < -0.4 is 8.92 Å². The topological polar surface area (TPSA) is 43.1 Å². The second kappa shape index (κ2) is 5.64. The minimum atomic E-state index is -4.58. The van der Waals surface area contributed by atoms with Crippen molar-refractivity contribution in [2.24, 2.45) is 0 Å². The first-order valence-electron chi connectivity index (χ1n) is 5.46. The Labute approximate surface area is 118 Å². The molecule has 0 N–H and O–H groups in total. The summed E-state index contributed by atoms with van der Waals surface area (Å²) in [7, 11) is 0. The number of hydrogen-bond acceptors (Lipinski definition) is 2. The molecule has 0 unspecified atom stereocenters. The van der Waals surface area contributed by atoms with Gasteiger partial charge < -0.3 is 0 Å². The minimum absolute atomic E-state index is 0.321. The molecule has 0 aliphatic heterocycles. The van der Waals surface area contributed by atoms with Gasteiger partial charge in [-0.3, -0.25) is 0 Å². The van der Waals surface area contributed by atoms with Crippen LogP contribution in [-0.4, -0.2) is 19.9 Å². The SMILES string of the molecule is O=[N+]([O-])c1cc(C(F)(F)F)ccc1[Se]c1ccccc1. The van der Waals surface area contributed by atoms with E-state index < -0.39 is 37.3 Å². The summed E-state index contributed by atoms with van der Waals surface area (Å²) in [4.78, 5) is 10.2. The zero-order valence-electron chi connectivity index (χ0n) is 9.92. The summed E-state index contributed by atoms with van der Waals surface area (Å²) in [5.74, 6) is 0. The van der Waals surface area contributed by atoms with E-state index in [1.54, 1.807) is 30.3 Å². The Hall–Kier alpha value is -1.85. The van der Waals surface area contributed by atoms with Gasteiger partial charge in [0.05, 0.1) is 0 Å². The molecule has 2 aromatic carbocycles. The fraction of sp³-hybridized carbons (Fsp3) is 0.0769. The number of alkyl halides is 3. The maximum absolute atomic E-state index is 12.6. The fourth-order valence-corrected chi connectivity index (χ4v) is 3.47. The van der Waals surface area contributed by atoms with E-state index in [1.165, 1.54) is 6.07 Å². The zero-order chi connectivity index (χ0) is 14.8. The van der Waals surface area contributed by atoms with Crippen LogP contribution in [0, 0.1) is 10.1 Å². The van der Waals surface area contributed by atoms with Gasteiger partial charge in [0.25, 0.3) is 0 Å². The van der Waals surface area contributed by atoms with E-state index in [2.05, 4.69) is 0 Å². The summed E-state index contributed by atoms with van der Waals surface area (Å²) in [6, 6.07) is 11.6. The van der Waals surface area contributed by atoms with E-state index in [-0.39, 0.29) is 0 Å². The van der Waals surface area contributed by atoms with Gasteiger partial charge in [0.1, 0.15) is 0 Å². The summed E-state index contributed by atoms with van der Waals surface area (Å²) in [6.45, 7) is 0. The van der Waals surface area contributed by atoms with Crippen LogP contribution in [0.3, 0.4) is 0 Å². The van der Waals surface area contributed by atoms with E-state index in [9.17, 15) is 23.3 Å². The van der Waals surface area contributed by atoms with Crippen LogP contribution in [0.25, 0.3) is 0 Å². The fourth-order valence-electron chi connectivity index (χ4n) is 1.54. The van der Waals surface area contributed by atoms with Crippen LogP contribution >= 0.6 is 0 Å². The van der Waals surface area contributed by atoms with Crippen LogP contribution in [-0.2, 0) is 6.18 Å². The average Bonchev–Trinajstić information content (AvgIpc) is 2.38. The van der Waals surface area contributed by atoms with Crippen LogP contribution in [0.15, 0.2) is 48.5 Å². The molecule has 2 rings (SSSR count). The van der Waals surface area contributed by atoms with Gasteiger partial charge in [0.2, 0.25) is 0 Å². The molecule has 104 valence electrons. The molecule has 0 bridgehead atoms. The van der Waals surface area contributed by atoms with Crippen molar-refractivity contribution in [3.63, 3.8) is 0 Å². The Morgan fingerprint density at radius 1 is 1.05 bits per heavy atom. The molecule has 20 heavy (non-hydrogen) atoms. The van der Waals surface area contributed by atoms with Gasteiger partial charge in [0, 0.05) is 0 Å². The van der Waals surface area contributed by atoms with Gasteiger partial charge in [-0.25, -0.2) is 0 Å². The van der Waals surface area contributed by atoms with Crippen LogP contribution in [0.5, 0.6) is 0 Å². The van der Waals surface area contributed by atoms with E-state index in [0.717, 1.165) is 10.5 Å². The monoisotopic (exact) mass is 347 g/mol. The molecule has 0 atom stereocenters. The van der Waals surface area contributed by atoms with Crippen molar-refractivity contribution in [3.05, 3.63) is 64.2 Å². The molecule has 0 aromatic heterocycles. The van der Waals surface area contributed by atoms with E-state index in [4.69, 9.17) is 0 Å². The van der Waals surface area contributed by atoms with Crippen molar-refractivity contribution in [2.45, 2.75) is 6.18 Å². The molecule has 0 saturated carbocycles. The molecule has 2 aromatic rings. The summed E-state index contributed by atoms with van der Waals surface area (Å²) in [6.07, 6.45) is -4.58. The van der Waals surface area contributed by atoms with Crippen LogP contribution in [0.4, 0.5) is 18.9 Å². The molecule has 0 fully saturated rings. The first kappa shape index (κ1) is 14.6. The maximum atomic E-state index is 12.6. The zero-order valence-corrected chi connectivity index (χ0v) is 11.6. The molecular weight excluding hydrogens is 338 g/mol. The molecule has 0 heterocycles. The quantitative estimate of drug-likeness (QED) is 0.486. The number of benzene rings is 2. The van der Waals surface area contributed by atoms with Gasteiger partial charge in [-0.05, 0) is 0 Å². The summed E-state index contributed by atoms with van der Waals surface area (Å²) in [5.41, 5.74) is -1.49.